The van der Waals surface area contributed by atoms with Gasteiger partial charge >= 0.3 is 0 Å². The van der Waals surface area contributed by atoms with Crippen LogP contribution in [0.5, 0.6) is 0 Å². The Balaban J connectivity index is 1.83. The zero-order chi connectivity index (χ0) is 15.1. The summed E-state index contributed by atoms with van der Waals surface area (Å²) in [6.07, 6.45) is 3.66. The summed E-state index contributed by atoms with van der Waals surface area (Å²) in [5, 5.41) is 12.7. The maximum atomic E-state index is 5.26. The molecule has 0 atom stereocenters. The van der Waals surface area contributed by atoms with Gasteiger partial charge in [0.2, 0.25) is 0 Å². The first-order valence-corrected chi connectivity index (χ1v) is 7.92. The molecule has 0 amide bonds. The number of nitrogens with zero attached hydrogens (tertiary/aromatic N) is 4. The number of rotatable bonds is 3. The van der Waals surface area contributed by atoms with E-state index in [0.29, 0.717) is 0 Å². The number of aromatic nitrogens is 4. The van der Waals surface area contributed by atoms with E-state index in [0.717, 1.165) is 40.2 Å². The summed E-state index contributed by atoms with van der Waals surface area (Å²) in [5.74, 6) is 0.808. The average Bonchev–Trinajstić information content (AvgIpc) is 3.22. The third-order valence-electron chi connectivity index (χ3n) is 3.73. The minimum Gasteiger partial charge on any atom is -0.361 e. The van der Waals surface area contributed by atoms with E-state index in [4.69, 9.17) is 4.52 Å². The number of hydrogen-bond acceptors (Lipinski definition) is 5. The second-order valence-corrected chi connectivity index (χ2v) is 6.04. The van der Waals surface area contributed by atoms with Crippen LogP contribution in [0.4, 0.5) is 0 Å². The molecule has 5 nitrogen and oxygen atoms in total. The van der Waals surface area contributed by atoms with Crippen LogP contribution in [0.1, 0.15) is 17.0 Å². The Labute approximate surface area is 131 Å². The lowest BCUT2D eigenvalue weighted by molar-refractivity contribution is 0.393. The molecule has 4 aromatic heterocycles. The second kappa shape index (κ2) is 5.06. The maximum absolute atomic E-state index is 5.26. The quantitative estimate of drug-likeness (QED) is 0.577. The summed E-state index contributed by atoms with van der Waals surface area (Å²) in [4.78, 5) is 4.52. The lowest BCUT2D eigenvalue weighted by Crippen LogP contribution is -2.00. The van der Waals surface area contributed by atoms with E-state index in [1.807, 2.05) is 24.7 Å². The van der Waals surface area contributed by atoms with Crippen molar-refractivity contribution in [1.82, 2.24) is 19.9 Å². The molecule has 0 radical (unpaired) electrons. The topological polar surface area (TPSA) is 56.7 Å². The molecule has 4 rings (SSSR count). The molecule has 0 unspecified atom stereocenters. The highest BCUT2D eigenvalue weighted by Gasteiger charge is 2.14. The molecule has 0 aliphatic carbocycles. The molecule has 0 spiro atoms. The summed E-state index contributed by atoms with van der Waals surface area (Å²) in [7, 11) is 0. The van der Waals surface area contributed by atoms with Crippen molar-refractivity contribution in [2.24, 2.45) is 0 Å². The normalized spacial score (nSPS) is 11.4. The summed E-state index contributed by atoms with van der Waals surface area (Å²) in [6.45, 7) is 4.61. The van der Waals surface area contributed by atoms with E-state index in [2.05, 4.69) is 38.1 Å². The van der Waals surface area contributed by atoms with Crippen LogP contribution in [0.3, 0.4) is 0 Å². The van der Waals surface area contributed by atoms with Crippen molar-refractivity contribution in [3.63, 3.8) is 0 Å². The number of fused-ring (bicyclic) bond motifs is 1. The molecular weight excluding hydrogens is 296 g/mol. The molecule has 22 heavy (non-hydrogen) atoms. The van der Waals surface area contributed by atoms with E-state index in [1.165, 1.54) is 5.56 Å². The van der Waals surface area contributed by atoms with Gasteiger partial charge in [0.25, 0.3) is 0 Å². The van der Waals surface area contributed by atoms with Crippen LogP contribution in [0.2, 0.25) is 0 Å². The lowest BCUT2D eigenvalue weighted by atomic mass is 10.1. The lowest BCUT2D eigenvalue weighted by Gasteiger charge is -2.04. The van der Waals surface area contributed by atoms with Gasteiger partial charge < -0.3 is 4.52 Å². The third-order valence-corrected chi connectivity index (χ3v) is 4.46. The summed E-state index contributed by atoms with van der Waals surface area (Å²) in [6, 6.07) is 4.22. The Bertz CT molecular complexity index is 917. The molecule has 0 aromatic carbocycles. The molecule has 0 fully saturated rings. The van der Waals surface area contributed by atoms with Crippen LogP contribution in [-0.4, -0.2) is 19.9 Å². The fourth-order valence-corrected chi connectivity index (χ4v) is 3.33. The first-order valence-electron chi connectivity index (χ1n) is 6.98. The van der Waals surface area contributed by atoms with Gasteiger partial charge in [-0.2, -0.15) is 16.4 Å². The second-order valence-electron chi connectivity index (χ2n) is 5.26. The van der Waals surface area contributed by atoms with Gasteiger partial charge in [-0.05, 0) is 42.3 Å². The van der Waals surface area contributed by atoms with Crippen LogP contribution in [0.25, 0.3) is 22.2 Å². The Morgan fingerprint density at radius 2 is 2.18 bits per heavy atom. The van der Waals surface area contributed by atoms with Gasteiger partial charge in [-0.25, -0.2) is 0 Å². The van der Waals surface area contributed by atoms with Crippen molar-refractivity contribution in [2.75, 3.05) is 0 Å². The van der Waals surface area contributed by atoms with Gasteiger partial charge in [-0.15, -0.1) is 0 Å². The monoisotopic (exact) mass is 310 g/mol. The molecule has 0 N–H and O–H groups in total. The molecule has 0 bridgehead atoms. The predicted octanol–water partition coefficient (Wildman–Crippen LogP) is 3.81. The van der Waals surface area contributed by atoms with Crippen LogP contribution < -0.4 is 0 Å². The molecule has 0 aliphatic heterocycles. The van der Waals surface area contributed by atoms with E-state index < -0.39 is 0 Å². The molecule has 4 heterocycles. The molecule has 110 valence electrons. The first kappa shape index (κ1) is 13.2. The minimum absolute atomic E-state index is 0.750. The van der Waals surface area contributed by atoms with E-state index in [1.54, 1.807) is 17.5 Å². The van der Waals surface area contributed by atoms with Gasteiger partial charge in [0.15, 0.2) is 0 Å². The number of thiophene rings is 1. The summed E-state index contributed by atoms with van der Waals surface area (Å²) >= 11 is 1.69. The van der Waals surface area contributed by atoms with Gasteiger partial charge in [0.1, 0.15) is 11.3 Å². The number of pyridine rings is 1. The predicted molar refractivity (Wildman–Crippen MR) is 85.9 cm³/mol. The van der Waals surface area contributed by atoms with Gasteiger partial charge in [0.05, 0.1) is 24.0 Å². The van der Waals surface area contributed by atoms with Crippen LogP contribution in [0, 0.1) is 13.8 Å². The molecule has 0 saturated heterocycles. The summed E-state index contributed by atoms with van der Waals surface area (Å²) < 4.78 is 7.24. The van der Waals surface area contributed by atoms with Crippen LogP contribution >= 0.6 is 11.3 Å². The zero-order valence-electron chi connectivity index (χ0n) is 12.3. The molecular formula is C16H14N4OS. The van der Waals surface area contributed by atoms with E-state index in [9.17, 15) is 0 Å². The summed E-state index contributed by atoms with van der Waals surface area (Å²) in [5.41, 5.74) is 6.06. The molecule has 4 aromatic rings. The van der Waals surface area contributed by atoms with Gasteiger partial charge in [-0.1, -0.05) is 5.16 Å². The van der Waals surface area contributed by atoms with Crippen molar-refractivity contribution in [2.45, 2.75) is 20.4 Å². The first-order chi connectivity index (χ1) is 10.7. The van der Waals surface area contributed by atoms with Crippen LogP contribution in [-0.2, 0) is 6.54 Å². The van der Waals surface area contributed by atoms with E-state index >= 15 is 0 Å². The maximum Gasteiger partial charge on any atom is 0.141 e. The largest absolute Gasteiger partial charge is 0.361 e. The molecule has 0 saturated carbocycles. The van der Waals surface area contributed by atoms with Crippen molar-refractivity contribution in [3.05, 3.63) is 52.3 Å². The molecule has 6 heteroatoms. The molecule has 0 aliphatic rings. The number of hydrogen-bond donors (Lipinski definition) is 0. The smallest absolute Gasteiger partial charge is 0.141 e. The van der Waals surface area contributed by atoms with E-state index in [-0.39, 0.29) is 0 Å². The van der Waals surface area contributed by atoms with Gasteiger partial charge in [0, 0.05) is 17.3 Å². The standard InChI is InChI=1S/C16H14N4OS/c1-10-16(11(2)21-19-10)13-5-15-14(17-6-13)7-18-20(15)8-12-3-4-22-9-12/h3-7,9H,8H2,1-2H3. The third kappa shape index (κ3) is 2.12. The Morgan fingerprint density at radius 1 is 1.27 bits per heavy atom. The van der Waals surface area contributed by atoms with Crippen molar-refractivity contribution in [3.8, 4) is 11.1 Å². The van der Waals surface area contributed by atoms with Crippen molar-refractivity contribution in [1.29, 1.82) is 0 Å². The van der Waals surface area contributed by atoms with Gasteiger partial charge in [-0.3, -0.25) is 9.67 Å². The Hall–Kier alpha value is -2.47. The zero-order valence-corrected chi connectivity index (χ0v) is 13.1. The Morgan fingerprint density at radius 3 is 2.91 bits per heavy atom. The van der Waals surface area contributed by atoms with Crippen LogP contribution in [0.15, 0.2) is 39.8 Å². The SMILES string of the molecule is Cc1noc(C)c1-c1cnc2cnn(Cc3ccsc3)c2c1. The number of aryl methyl sites for hydroxylation is 2. The highest BCUT2D eigenvalue weighted by atomic mass is 32.1. The average molecular weight is 310 g/mol. The minimum atomic E-state index is 0.750. The van der Waals surface area contributed by atoms with Crippen molar-refractivity contribution < 1.29 is 4.52 Å². The fraction of sp³-hybridized carbons (Fsp3) is 0.188. The van der Waals surface area contributed by atoms with Crippen molar-refractivity contribution >= 4 is 22.4 Å². The Kier molecular flexibility index (Phi) is 3.04. The fourth-order valence-electron chi connectivity index (χ4n) is 2.67. The highest BCUT2D eigenvalue weighted by Crippen LogP contribution is 2.28. The highest BCUT2D eigenvalue weighted by molar-refractivity contribution is 7.07.